The topological polar surface area (TPSA) is 31.2 Å². The molecular formula is C22H29NO2. The van der Waals surface area contributed by atoms with Crippen molar-refractivity contribution in [1.82, 2.24) is 4.57 Å². The number of fused-ring (bicyclic) bond motifs is 1. The summed E-state index contributed by atoms with van der Waals surface area (Å²) in [4.78, 5) is 11.7. The molecule has 1 saturated carbocycles. The van der Waals surface area contributed by atoms with Crippen LogP contribution in [0.5, 0.6) is 0 Å². The highest BCUT2D eigenvalue weighted by Crippen LogP contribution is 2.22. The van der Waals surface area contributed by atoms with Gasteiger partial charge in [0.2, 0.25) is 0 Å². The van der Waals surface area contributed by atoms with Crippen molar-refractivity contribution < 1.29 is 9.53 Å². The minimum absolute atomic E-state index is 0.126. The molecule has 0 saturated heterocycles. The van der Waals surface area contributed by atoms with Crippen molar-refractivity contribution in [2.75, 3.05) is 0 Å². The summed E-state index contributed by atoms with van der Waals surface area (Å²) < 4.78 is 7.56. The third kappa shape index (κ3) is 5.35. The van der Waals surface area contributed by atoms with Gasteiger partial charge in [-0.3, -0.25) is 0 Å². The lowest BCUT2D eigenvalue weighted by Gasteiger charge is -2.22. The summed E-state index contributed by atoms with van der Waals surface area (Å²) >= 11 is 0. The van der Waals surface area contributed by atoms with Gasteiger partial charge in [-0.2, -0.15) is 0 Å². The predicted octanol–water partition coefficient (Wildman–Crippen LogP) is 5.56. The Kier molecular flexibility index (Phi) is 7.05. The minimum Gasteiger partial charge on any atom is -0.459 e. The number of aromatic nitrogens is 1. The second-order valence-corrected chi connectivity index (χ2v) is 6.63. The van der Waals surface area contributed by atoms with E-state index in [0.29, 0.717) is 5.57 Å². The van der Waals surface area contributed by atoms with Crippen molar-refractivity contribution in [1.29, 1.82) is 0 Å². The largest absolute Gasteiger partial charge is 0.459 e. The first-order valence-corrected chi connectivity index (χ1v) is 9.06. The number of nitrogens with zero attached hydrogens (tertiary/aromatic N) is 1. The number of hydrogen-bond donors (Lipinski definition) is 0. The normalized spacial score (nSPS) is 15.4. The Morgan fingerprint density at radius 1 is 1.20 bits per heavy atom. The van der Waals surface area contributed by atoms with Gasteiger partial charge in [0.15, 0.2) is 0 Å². The molecule has 0 bridgehead atoms. The standard InChI is InChI=1S/C13H20O2.C9H9N/c1-4-12(10(2)3)13(14)15-11-8-6-5-7-9-11;1-10-7-6-8-4-2-3-5-9(8)10/h4,11H,2,5-9H2,1,3H3;2-7H,1H3/b12-4-;. The summed E-state index contributed by atoms with van der Waals surface area (Å²) in [5.74, 6) is -0.211. The monoisotopic (exact) mass is 339 g/mol. The van der Waals surface area contributed by atoms with Crippen LogP contribution in [0, 0.1) is 0 Å². The number of allylic oxidation sites excluding steroid dienone is 1. The second-order valence-electron chi connectivity index (χ2n) is 6.63. The number of benzene rings is 1. The lowest BCUT2D eigenvalue weighted by atomic mass is 9.97. The van der Waals surface area contributed by atoms with Crippen LogP contribution in [0.15, 0.2) is 60.3 Å². The first-order chi connectivity index (χ1) is 12.0. The van der Waals surface area contributed by atoms with Gasteiger partial charge in [0.1, 0.15) is 6.10 Å². The molecule has 2 aromatic rings. The zero-order valence-electron chi connectivity index (χ0n) is 15.6. The smallest absolute Gasteiger partial charge is 0.338 e. The molecule has 0 atom stereocenters. The minimum atomic E-state index is -0.211. The highest BCUT2D eigenvalue weighted by Gasteiger charge is 2.19. The highest BCUT2D eigenvalue weighted by atomic mass is 16.5. The first-order valence-electron chi connectivity index (χ1n) is 9.06. The van der Waals surface area contributed by atoms with Gasteiger partial charge in [-0.15, -0.1) is 0 Å². The molecule has 1 aromatic heterocycles. The number of rotatable bonds is 3. The lowest BCUT2D eigenvalue weighted by Crippen LogP contribution is -2.22. The van der Waals surface area contributed by atoms with Crippen LogP contribution in [0.3, 0.4) is 0 Å². The second kappa shape index (κ2) is 9.26. The molecule has 3 nitrogen and oxygen atoms in total. The molecule has 3 rings (SSSR count). The molecule has 3 heteroatoms. The molecule has 0 unspecified atom stereocenters. The number of ether oxygens (including phenoxy) is 1. The maximum absolute atomic E-state index is 11.7. The van der Waals surface area contributed by atoms with Crippen molar-refractivity contribution in [3.05, 3.63) is 60.3 Å². The third-order valence-corrected chi connectivity index (χ3v) is 4.59. The van der Waals surface area contributed by atoms with Crippen LogP contribution >= 0.6 is 0 Å². The van der Waals surface area contributed by atoms with Crippen LogP contribution in [0.4, 0.5) is 0 Å². The zero-order valence-corrected chi connectivity index (χ0v) is 15.6. The van der Waals surface area contributed by atoms with E-state index in [9.17, 15) is 4.79 Å². The molecule has 1 aromatic carbocycles. The Morgan fingerprint density at radius 3 is 2.48 bits per heavy atom. The average molecular weight is 339 g/mol. The van der Waals surface area contributed by atoms with Crippen molar-refractivity contribution in [3.63, 3.8) is 0 Å². The van der Waals surface area contributed by atoms with Crippen molar-refractivity contribution in [2.45, 2.75) is 52.1 Å². The fourth-order valence-corrected chi connectivity index (χ4v) is 3.16. The summed E-state index contributed by atoms with van der Waals surface area (Å²) in [6.45, 7) is 7.44. The molecule has 0 radical (unpaired) electrons. The molecule has 25 heavy (non-hydrogen) atoms. The maximum atomic E-state index is 11.7. The molecule has 134 valence electrons. The van der Waals surface area contributed by atoms with E-state index in [-0.39, 0.29) is 12.1 Å². The molecule has 1 aliphatic carbocycles. The number of aryl methyl sites for hydroxylation is 1. The van der Waals surface area contributed by atoms with Crippen LogP contribution in [0.2, 0.25) is 0 Å². The van der Waals surface area contributed by atoms with Gasteiger partial charge in [0.25, 0.3) is 0 Å². The van der Waals surface area contributed by atoms with Crippen LogP contribution in [0.1, 0.15) is 46.0 Å². The SMILES string of the molecule is C=C(C)/C(=C/C)C(=O)OC1CCCCC1.Cn1ccc2ccccc21. The predicted molar refractivity (Wildman–Crippen MR) is 104 cm³/mol. The molecule has 1 fully saturated rings. The average Bonchev–Trinajstić information content (AvgIpc) is 2.98. The van der Waals surface area contributed by atoms with Crippen molar-refractivity contribution in [2.24, 2.45) is 7.05 Å². The number of hydrogen-bond acceptors (Lipinski definition) is 2. The Bertz CT molecular complexity index is 748. The van der Waals surface area contributed by atoms with E-state index >= 15 is 0 Å². The quantitative estimate of drug-likeness (QED) is 0.416. The van der Waals surface area contributed by atoms with E-state index in [1.807, 2.05) is 13.8 Å². The van der Waals surface area contributed by atoms with Crippen molar-refractivity contribution >= 4 is 16.9 Å². The summed E-state index contributed by atoms with van der Waals surface area (Å²) in [5.41, 5.74) is 2.68. The van der Waals surface area contributed by atoms with Gasteiger partial charge >= 0.3 is 5.97 Å². The Hall–Kier alpha value is -2.29. The number of carbonyl (C=O) groups excluding carboxylic acids is 1. The fourth-order valence-electron chi connectivity index (χ4n) is 3.16. The van der Waals surface area contributed by atoms with Gasteiger partial charge in [0, 0.05) is 18.8 Å². The lowest BCUT2D eigenvalue weighted by molar-refractivity contribution is -0.145. The Labute approximate surface area is 151 Å². The van der Waals surface area contributed by atoms with Crippen LogP contribution in [-0.2, 0) is 16.6 Å². The summed E-state index contributed by atoms with van der Waals surface area (Å²) in [5, 5.41) is 1.31. The molecule has 0 aliphatic heterocycles. The molecule has 0 amide bonds. The van der Waals surface area contributed by atoms with Gasteiger partial charge in [-0.25, -0.2) is 4.79 Å². The molecule has 0 N–H and O–H groups in total. The van der Waals surface area contributed by atoms with Gasteiger partial charge < -0.3 is 9.30 Å². The number of para-hydroxylation sites is 1. The van der Waals surface area contributed by atoms with Crippen molar-refractivity contribution in [3.8, 4) is 0 Å². The number of carbonyl (C=O) groups is 1. The van der Waals surface area contributed by atoms with E-state index in [0.717, 1.165) is 18.4 Å². The zero-order chi connectivity index (χ0) is 18.2. The van der Waals surface area contributed by atoms with Gasteiger partial charge in [-0.1, -0.05) is 37.3 Å². The van der Waals surface area contributed by atoms with Crippen LogP contribution in [-0.4, -0.2) is 16.6 Å². The highest BCUT2D eigenvalue weighted by molar-refractivity contribution is 5.93. The molecular weight excluding hydrogens is 310 g/mol. The van der Waals surface area contributed by atoms with E-state index in [1.54, 1.807) is 6.08 Å². The first kappa shape index (κ1) is 19.0. The maximum Gasteiger partial charge on any atom is 0.338 e. The van der Waals surface area contributed by atoms with Gasteiger partial charge in [-0.05, 0) is 62.6 Å². The third-order valence-electron chi connectivity index (χ3n) is 4.59. The van der Waals surface area contributed by atoms with Crippen LogP contribution in [0.25, 0.3) is 10.9 Å². The van der Waals surface area contributed by atoms with E-state index in [4.69, 9.17) is 4.74 Å². The van der Waals surface area contributed by atoms with Gasteiger partial charge in [0.05, 0.1) is 5.57 Å². The summed E-state index contributed by atoms with van der Waals surface area (Å²) in [7, 11) is 2.06. The Balaban J connectivity index is 0.000000194. The van der Waals surface area contributed by atoms with Crippen LogP contribution < -0.4 is 0 Å². The van der Waals surface area contributed by atoms with E-state index in [1.165, 1.54) is 30.2 Å². The summed E-state index contributed by atoms with van der Waals surface area (Å²) in [6.07, 6.45) is 9.62. The Morgan fingerprint density at radius 2 is 1.88 bits per heavy atom. The number of esters is 1. The molecule has 1 aliphatic rings. The molecule has 0 spiro atoms. The fraction of sp³-hybridized carbons (Fsp3) is 0.409. The molecule has 1 heterocycles. The van der Waals surface area contributed by atoms with E-state index < -0.39 is 0 Å². The summed E-state index contributed by atoms with van der Waals surface area (Å²) in [6, 6.07) is 10.5. The van der Waals surface area contributed by atoms with E-state index in [2.05, 4.69) is 54.7 Å².